The van der Waals surface area contributed by atoms with Crippen molar-refractivity contribution in [1.82, 2.24) is 14.5 Å². The third kappa shape index (κ3) is 2.56. The maximum atomic E-state index is 12.4. The van der Waals surface area contributed by atoms with Crippen LogP contribution in [0.1, 0.15) is 13.8 Å². The van der Waals surface area contributed by atoms with Crippen LogP contribution in [-0.2, 0) is 14.8 Å². The van der Waals surface area contributed by atoms with Crippen LogP contribution in [-0.4, -0.2) is 54.3 Å². The molecule has 0 saturated carbocycles. The number of aromatic nitrogens is 2. The number of nitrogens with two attached hydrogens (primary N) is 1. The van der Waals surface area contributed by atoms with Crippen LogP contribution in [0.25, 0.3) is 0 Å². The lowest BCUT2D eigenvalue weighted by Gasteiger charge is -2.41. The smallest absolute Gasteiger partial charge is 0.246 e. The molecule has 1 saturated heterocycles. The largest absolute Gasteiger partial charge is 0.368 e. The van der Waals surface area contributed by atoms with E-state index in [9.17, 15) is 8.42 Å². The van der Waals surface area contributed by atoms with E-state index in [-0.39, 0.29) is 17.5 Å². The van der Waals surface area contributed by atoms with Crippen molar-refractivity contribution in [3.05, 3.63) is 12.4 Å². The molecule has 1 atom stereocenters. The third-order valence-corrected chi connectivity index (χ3v) is 4.60. The topological polar surface area (TPSA) is 101 Å². The lowest BCUT2D eigenvalue weighted by molar-refractivity contribution is -0.112. The molecule has 1 aliphatic heterocycles. The second-order valence-electron chi connectivity index (χ2n) is 4.97. The van der Waals surface area contributed by atoms with Crippen molar-refractivity contribution >= 4 is 10.0 Å². The van der Waals surface area contributed by atoms with Crippen LogP contribution in [0.15, 0.2) is 17.3 Å². The van der Waals surface area contributed by atoms with E-state index in [1.165, 1.54) is 16.7 Å². The molecule has 1 aliphatic rings. The summed E-state index contributed by atoms with van der Waals surface area (Å²) in [6.45, 7) is 4.57. The first-order chi connectivity index (χ1) is 8.35. The Bertz CT molecular complexity index is 497. The van der Waals surface area contributed by atoms with Crippen LogP contribution in [0, 0.1) is 0 Å². The lowest BCUT2D eigenvalue weighted by Crippen LogP contribution is -2.56. The standard InChI is InChI=1S/C10H18N4O3S/c1-10(2)7-14(6-8(3-11)17-10)18(15,16)9-4-12-13-5-9/h4-5,8H,3,6-7,11H2,1-2H3,(H,12,13). The van der Waals surface area contributed by atoms with E-state index in [1.807, 2.05) is 13.8 Å². The molecule has 0 radical (unpaired) electrons. The summed E-state index contributed by atoms with van der Waals surface area (Å²) >= 11 is 0. The summed E-state index contributed by atoms with van der Waals surface area (Å²) < 4.78 is 31.8. The minimum atomic E-state index is -3.53. The molecule has 3 N–H and O–H groups in total. The van der Waals surface area contributed by atoms with Crippen molar-refractivity contribution in [2.75, 3.05) is 19.6 Å². The zero-order valence-electron chi connectivity index (χ0n) is 10.5. The molecule has 0 spiro atoms. The normalized spacial score (nSPS) is 25.2. The van der Waals surface area contributed by atoms with E-state index in [1.54, 1.807) is 0 Å². The Morgan fingerprint density at radius 3 is 2.94 bits per heavy atom. The number of rotatable bonds is 3. The molecule has 0 aromatic carbocycles. The molecule has 2 rings (SSSR count). The van der Waals surface area contributed by atoms with E-state index in [2.05, 4.69) is 10.2 Å². The molecule has 1 unspecified atom stereocenters. The first kappa shape index (κ1) is 13.5. The number of H-pyrrole nitrogens is 1. The van der Waals surface area contributed by atoms with Crippen molar-refractivity contribution in [3.63, 3.8) is 0 Å². The van der Waals surface area contributed by atoms with E-state index in [4.69, 9.17) is 10.5 Å². The molecule has 8 heteroatoms. The zero-order chi connectivity index (χ0) is 13.4. The number of hydrogen-bond acceptors (Lipinski definition) is 5. The molecule has 0 amide bonds. The van der Waals surface area contributed by atoms with E-state index >= 15 is 0 Å². The molecular formula is C10H18N4O3S. The first-order valence-electron chi connectivity index (χ1n) is 5.72. The Hall–Kier alpha value is -0.960. The molecule has 1 fully saturated rings. The average molecular weight is 274 g/mol. The molecule has 1 aromatic rings. The summed E-state index contributed by atoms with van der Waals surface area (Å²) in [6.07, 6.45) is 2.39. The quantitative estimate of drug-likeness (QED) is 0.776. The molecule has 18 heavy (non-hydrogen) atoms. The lowest BCUT2D eigenvalue weighted by atomic mass is 10.1. The van der Waals surface area contributed by atoms with Gasteiger partial charge in [-0.05, 0) is 13.8 Å². The second kappa shape index (κ2) is 4.61. The summed E-state index contributed by atoms with van der Waals surface area (Å²) in [5, 5.41) is 6.18. The van der Waals surface area contributed by atoms with Crippen LogP contribution in [0.2, 0.25) is 0 Å². The summed E-state index contributed by atoms with van der Waals surface area (Å²) in [5.41, 5.74) is 5.04. The van der Waals surface area contributed by atoms with Crippen molar-refractivity contribution in [1.29, 1.82) is 0 Å². The van der Waals surface area contributed by atoms with Crippen LogP contribution < -0.4 is 5.73 Å². The summed E-state index contributed by atoms with van der Waals surface area (Å²) in [4.78, 5) is 0.163. The van der Waals surface area contributed by atoms with Crippen molar-refractivity contribution in [2.45, 2.75) is 30.4 Å². The highest BCUT2D eigenvalue weighted by atomic mass is 32.2. The number of ether oxygens (including phenoxy) is 1. The molecule has 0 bridgehead atoms. The molecular weight excluding hydrogens is 256 g/mol. The van der Waals surface area contributed by atoms with Gasteiger partial charge in [-0.2, -0.15) is 9.40 Å². The zero-order valence-corrected chi connectivity index (χ0v) is 11.3. The molecule has 102 valence electrons. The van der Waals surface area contributed by atoms with E-state index < -0.39 is 15.6 Å². The maximum Gasteiger partial charge on any atom is 0.246 e. The fourth-order valence-electron chi connectivity index (χ4n) is 2.08. The first-order valence-corrected chi connectivity index (χ1v) is 7.16. The van der Waals surface area contributed by atoms with Gasteiger partial charge in [-0.1, -0.05) is 0 Å². The van der Waals surface area contributed by atoms with E-state index in [0.717, 1.165) is 0 Å². The predicted molar refractivity (Wildman–Crippen MR) is 65.4 cm³/mol. The highest BCUT2D eigenvalue weighted by Crippen LogP contribution is 2.25. The molecule has 7 nitrogen and oxygen atoms in total. The average Bonchev–Trinajstić information content (AvgIpc) is 2.80. The van der Waals surface area contributed by atoms with Gasteiger partial charge in [-0.15, -0.1) is 0 Å². The van der Waals surface area contributed by atoms with Crippen molar-refractivity contribution in [3.8, 4) is 0 Å². The second-order valence-corrected chi connectivity index (χ2v) is 6.90. The number of aromatic amines is 1. The van der Waals surface area contributed by atoms with Crippen LogP contribution in [0.5, 0.6) is 0 Å². The van der Waals surface area contributed by atoms with Gasteiger partial charge in [-0.25, -0.2) is 8.42 Å². The summed E-state index contributed by atoms with van der Waals surface area (Å²) in [5.74, 6) is 0. The minimum Gasteiger partial charge on any atom is -0.368 e. The van der Waals surface area contributed by atoms with Crippen LogP contribution in [0.3, 0.4) is 0 Å². The van der Waals surface area contributed by atoms with Crippen LogP contribution >= 0.6 is 0 Å². The Labute approximate surface area is 106 Å². The fourth-order valence-corrected chi connectivity index (χ4v) is 3.61. The van der Waals surface area contributed by atoms with Gasteiger partial charge in [0.2, 0.25) is 10.0 Å². The Morgan fingerprint density at radius 2 is 2.39 bits per heavy atom. The number of nitrogens with zero attached hydrogens (tertiary/aromatic N) is 2. The highest BCUT2D eigenvalue weighted by molar-refractivity contribution is 7.89. The Kier molecular flexibility index (Phi) is 3.45. The summed E-state index contributed by atoms with van der Waals surface area (Å²) in [7, 11) is -3.53. The molecule has 0 aliphatic carbocycles. The van der Waals surface area contributed by atoms with Crippen molar-refractivity contribution in [2.24, 2.45) is 5.73 Å². The highest BCUT2D eigenvalue weighted by Gasteiger charge is 2.39. The van der Waals surface area contributed by atoms with Gasteiger partial charge in [-0.3, -0.25) is 5.10 Å². The van der Waals surface area contributed by atoms with Gasteiger partial charge in [0.05, 0.1) is 17.9 Å². The van der Waals surface area contributed by atoms with E-state index in [0.29, 0.717) is 13.1 Å². The maximum absolute atomic E-state index is 12.4. The van der Waals surface area contributed by atoms with Crippen molar-refractivity contribution < 1.29 is 13.2 Å². The van der Waals surface area contributed by atoms with Gasteiger partial charge >= 0.3 is 0 Å². The van der Waals surface area contributed by atoms with Gasteiger partial charge in [0, 0.05) is 25.8 Å². The molecule has 2 heterocycles. The minimum absolute atomic E-state index is 0.163. The third-order valence-electron chi connectivity index (χ3n) is 2.82. The number of morpholine rings is 1. The van der Waals surface area contributed by atoms with Gasteiger partial charge in [0.15, 0.2) is 0 Å². The fraction of sp³-hybridized carbons (Fsp3) is 0.700. The number of sulfonamides is 1. The van der Waals surface area contributed by atoms with Crippen LogP contribution in [0.4, 0.5) is 0 Å². The Morgan fingerprint density at radius 1 is 1.67 bits per heavy atom. The summed E-state index contributed by atoms with van der Waals surface area (Å²) in [6, 6.07) is 0. The monoisotopic (exact) mass is 274 g/mol. The van der Waals surface area contributed by atoms with Gasteiger partial charge in [0.1, 0.15) is 4.90 Å². The SMILES string of the molecule is CC1(C)CN(S(=O)(=O)c2cn[nH]c2)CC(CN)O1. The number of nitrogens with one attached hydrogen (secondary N) is 1. The van der Waals surface area contributed by atoms with Gasteiger partial charge in [0.25, 0.3) is 0 Å². The Balaban J connectivity index is 2.28. The van der Waals surface area contributed by atoms with Gasteiger partial charge < -0.3 is 10.5 Å². The predicted octanol–water partition coefficient (Wildman–Crippen LogP) is -0.463. The number of hydrogen-bond donors (Lipinski definition) is 2. The molecule has 1 aromatic heterocycles.